The molecule has 0 N–H and O–H groups in total. The third-order valence-corrected chi connectivity index (χ3v) is 6.16. The largest absolute Gasteiger partial charge is 0.455 e. The van der Waals surface area contributed by atoms with Gasteiger partial charge in [0.2, 0.25) is 10.0 Å². The lowest BCUT2D eigenvalue weighted by molar-refractivity contribution is 0.0464. The second-order valence-electron chi connectivity index (χ2n) is 6.57. The van der Waals surface area contributed by atoms with Crippen molar-refractivity contribution in [3.8, 4) is 0 Å². The monoisotopic (exact) mass is 409 g/mol. The van der Waals surface area contributed by atoms with E-state index in [0.717, 1.165) is 4.31 Å². The van der Waals surface area contributed by atoms with Crippen LogP contribution in [0.4, 0.5) is 5.69 Å². The number of rotatable bonds is 6. The summed E-state index contributed by atoms with van der Waals surface area (Å²) in [5.74, 6) is -0.0166. The number of aryl methyl sites for hydroxylation is 1. The minimum Gasteiger partial charge on any atom is -0.455 e. The average Bonchev–Trinajstić information content (AvgIpc) is 3.11. The molecular formula is C18H23N3O6S. The Morgan fingerprint density at radius 2 is 1.96 bits per heavy atom. The molecule has 0 spiro atoms. The third-order valence-electron chi connectivity index (χ3n) is 4.35. The Balaban J connectivity index is 1.92. The molecule has 1 aromatic carbocycles. The molecule has 0 radical (unpaired) electrons. The van der Waals surface area contributed by atoms with Gasteiger partial charge in [0.05, 0.1) is 29.4 Å². The highest BCUT2D eigenvalue weighted by Crippen LogP contribution is 2.27. The Morgan fingerprint density at radius 3 is 2.57 bits per heavy atom. The van der Waals surface area contributed by atoms with Gasteiger partial charge in [0.1, 0.15) is 18.1 Å². The molecule has 0 unspecified atom stereocenters. The minimum atomic E-state index is -3.69. The SMILES string of the molecule is Cc1cc(COC(=O)c2cc(S(=O)(=O)N(C)C)ccc2N2CCOCC2)no1. The standard InChI is InChI=1S/C18H23N3O6S/c1-13-10-14(19-27-13)12-26-18(22)16-11-15(28(23,24)20(2)3)4-5-17(16)21-6-8-25-9-7-21/h4-5,10-11H,6-9,12H2,1-3H3. The van der Waals surface area contributed by atoms with Crippen LogP contribution in [0.3, 0.4) is 0 Å². The van der Waals surface area contributed by atoms with E-state index < -0.39 is 16.0 Å². The molecule has 10 heteroatoms. The van der Waals surface area contributed by atoms with E-state index in [9.17, 15) is 13.2 Å². The van der Waals surface area contributed by atoms with Gasteiger partial charge in [0.15, 0.2) is 0 Å². The third kappa shape index (κ3) is 4.34. The predicted octanol–water partition coefficient (Wildman–Crippen LogP) is 1.43. The molecular weight excluding hydrogens is 386 g/mol. The van der Waals surface area contributed by atoms with E-state index in [1.807, 2.05) is 4.90 Å². The van der Waals surface area contributed by atoms with Crippen LogP contribution in [-0.4, -0.2) is 64.2 Å². The van der Waals surface area contributed by atoms with Gasteiger partial charge in [-0.25, -0.2) is 17.5 Å². The van der Waals surface area contributed by atoms with Crippen LogP contribution in [-0.2, 0) is 26.1 Å². The van der Waals surface area contributed by atoms with Crippen molar-refractivity contribution in [2.45, 2.75) is 18.4 Å². The summed E-state index contributed by atoms with van der Waals surface area (Å²) in [5, 5.41) is 3.79. The molecule has 28 heavy (non-hydrogen) atoms. The molecule has 0 atom stereocenters. The maximum atomic E-state index is 12.8. The number of morpholine rings is 1. The highest BCUT2D eigenvalue weighted by Gasteiger charge is 2.25. The van der Waals surface area contributed by atoms with Crippen molar-refractivity contribution in [1.82, 2.24) is 9.46 Å². The summed E-state index contributed by atoms with van der Waals surface area (Å²) in [7, 11) is -0.808. The number of benzene rings is 1. The Morgan fingerprint density at radius 1 is 1.25 bits per heavy atom. The Hall–Kier alpha value is -2.43. The molecule has 0 aliphatic carbocycles. The molecule has 0 bridgehead atoms. The number of ether oxygens (including phenoxy) is 2. The van der Waals surface area contributed by atoms with Gasteiger partial charge in [-0.05, 0) is 25.1 Å². The second kappa shape index (κ2) is 8.29. The summed E-state index contributed by atoms with van der Waals surface area (Å²) < 4.78 is 41.8. The highest BCUT2D eigenvalue weighted by atomic mass is 32.2. The number of sulfonamides is 1. The Kier molecular flexibility index (Phi) is 6.01. The van der Waals surface area contributed by atoms with Crippen LogP contribution < -0.4 is 4.90 Å². The summed E-state index contributed by atoms with van der Waals surface area (Å²) >= 11 is 0. The van der Waals surface area contributed by atoms with Crippen molar-refractivity contribution in [1.29, 1.82) is 0 Å². The molecule has 2 aromatic rings. The highest BCUT2D eigenvalue weighted by molar-refractivity contribution is 7.89. The van der Waals surface area contributed by atoms with Crippen LogP contribution in [0.1, 0.15) is 21.8 Å². The molecule has 1 aromatic heterocycles. The van der Waals surface area contributed by atoms with Gasteiger partial charge in [-0.1, -0.05) is 5.16 Å². The zero-order valence-electron chi connectivity index (χ0n) is 16.0. The molecule has 1 fully saturated rings. The summed E-state index contributed by atoms with van der Waals surface area (Å²) in [6.45, 7) is 3.94. The molecule has 2 heterocycles. The van der Waals surface area contributed by atoms with E-state index in [-0.39, 0.29) is 17.1 Å². The van der Waals surface area contributed by atoms with Crippen molar-refractivity contribution in [3.63, 3.8) is 0 Å². The van der Waals surface area contributed by atoms with E-state index in [4.69, 9.17) is 14.0 Å². The number of hydrogen-bond acceptors (Lipinski definition) is 8. The quantitative estimate of drug-likeness (QED) is 0.660. The topological polar surface area (TPSA) is 102 Å². The van der Waals surface area contributed by atoms with Gasteiger partial charge < -0.3 is 18.9 Å². The number of anilines is 1. The van der Waals surface area contributed by atoms with Crippen LogP contribution in [0.25, 0.3) is 0 Å². The molecule has 0 amide bonds. The van der Waals surface area contributed by atoms with Crippen LogP contribution >= 0.6 is 0 Å². The molecule has 1 saturated heterocycles. The summed E-state index contributed by atoms with van der Waals surface area (Å²) in [4.78, 5) is 14.8. The zero-order chi connectivity index (χ0) is 20.3. The van der Waals surface area contributed by atoms with E-state index >= 15 is 0 Å². The van der Waals surface area contributed by atoms with Crippen LogP contribution in [0.2, 0.25) is 0 Å². The van der Waals surface area contributed by atoms with Gasteiger partial charge in [-0.2, -0.15) is 0 Å². The summed E-state index contributed by atoms with van der Waals surface area (Å²) in [6, 6.07) is 6.16. The number of nitrogens with zero attached hydrogens (tertiary/aromatic N) is 3. The number of carbonyl (C=O) groups is 1. The lowest BCUT2D eigenvalue weighted by atomic mass is 10.1. The van der Waals surface area contributed by atoms with E-state index in [1.54, 1.807) is 19.1 Å². The first-order valence-corrected chi connectivity index (χ1v) is 10.2. The van der Waals surface area contributed by atoms with Crippen molar-refractivity contribution in [3.05, 3.63) is 41.3 Å². The fraction of sp³-hybridized carbons (Fsp3) is 0.444. The van der Waals surface area contributed by atoms with Gasteiger partial charge in [0.25, 0.3) is 0 Å². The first-order chi connectivity index (χ1) is 13.3. The Bertz CT molecular complexity index is 948. The van der Waals surface area contributed by atoms with Crippen molar-refractivity contribution in [2.24, 2.45) is 0 Å². The first-order valence-electron chi connectivity index (χ1n) is 8.77. The normalized spacial score (nSPS) is 15.1. The number of carbonyl (C=O) groups excluding carboxylic acids is 1. The fourth-order valence-corrected chi connectivity index (χ4v) is 3.76. The molecule has 152 valence electrons. The lowest BCUT2D eigenvalue weighted by Gasteiger charge is -2.30. The van der Waals surface area contributed by atoms with Gasteiger partial charge >= 0.3 is 5.97 Å². The maximum absolute atomic E-state index is 12.8. The molecule has 0 saturated carbocycles. The summed E-state index contributed by atoms with van der Waals surface area (Å²) in [6.07, 6.45) is 0. The molecule has 1 aliphatic heterocycles. The van der Waals surface area contributed by atoms with Gasteiger partial charge in [-0.15, -0.1) is 0 Å². The van der Waals surface area contributed by atoms with Crippen molar-refractivity contribution < 1.29 is 27.2 Å². The van der Waals surface area contributed by atoms with Crippen molar-refractivity contribution in [2.75, 3.05) is 45.3 Å². The molecule has 3 rings (SSSR count). The van der Waals surface area contributed by atoms with Crippen molar-refractivity contribution >= 4 is 21.7 Å². The lowest BCUT2D eigenvalue weighted by Crippen LogP contribution is -2.37. The second-order valence-corrected chi connectivity index (χ2v) is 8.72. The van der Waals surface area contributed by atoms with Gasteiger partial charge in [0, 0.05) is 33.3 Å². The fourth-order valence-electron chi connectivity index (χ4n) is 2.83. The minimum absolute atomic E-state index is 0.0266. The number of esters is 1. The number of hydrogen-bond donors (Lipinski definition) is 0. The maximum Gasteiger partial charge on any atom is 0.340 e. The molecule has 1 aliphatic rings. The predicted molar refractivity (Wildman–Crippen MR) is 101 cm³/mol. The van der Waals surface area contributed by atoms with Crippen LogP contribution in [0.5, 0.6) is 0 Å². The van der Waals surface area contributed by atoms with Gasteiger partial charge in [-0.3, -0.25) is 0 Å². The Labute approximate surface area is 163 Å². The average molecular weight is 409 g/mol. The van der Waals surface area contributed by atoms with E-state index in [0.29, 0.717) is 43.4 Å². The van der Waals surface area contributed by atoms with Crippen LogP contribution in [0.15, 0.2) is 33.7 Å². The molecule has 9 nitrogen and oxygen atoms in total. The first kappa shape index (κ1) is 20.3. The summed E-state index contributed by atoms with van der Waals surface area (Å²) in [5.41, 5.74) is 1.28. The zero-order valence-corrected chi connectivity index (χ0v) is 16.9. The van der Waals surface area contributed by atoms with Crippen LogP contribution in [0, 0.1) is 6.92 Å². The van der Waals surface area contributed by atoms with E-state index in [2.05, 4.69) is 5.16 Å². The van der Waals surface area contributed by atoms with E-state index in [1.165, 1.54) is 26.2 Å². The smallest absolute Gasteiger partial charge is 0.340 e. The number of aromatic nitrogens is 1.